The van der Waals surface area contributed by atoms with E-state index in [0.717, 1.165) is 5.56 Å². The van der Waals surface area contributed by atoms with Crippen LogP contribution in [0.5, 0.6) is 0 Å². The van der Waals surface area contributed by atoms with Crippen molar-refractivity contribution in [3.63, 3.8) is 0 Å². The summed E-state index contributed by atoms with van der Waals surface area (Å²) in [5.74, 6) is -0.0911. The summed E-state index contributed by atoms with van der Waals surface area (Å²) < 4.78 is 0. The highest BCUT2D eigenvalue weighted by atomic mass is 16.1. The first-order chi connectivity index (χ1) is 8.58. The zero-order chi connectivity index (χ0) is 13.1. The third kappa shape index (κ3) is 2.54. The van der Waals surface area contributed by atoms with Gasteiger partial charge >= 0.3 is 0 Å². The van der Waals surface area contributed by atoms with Gasteiger partial charge in [0.05, 0.1) is 0 Å². The van der Waals surface area contributed by atoms with Crippen LogP contribution in [0.15, 0.2) is 48.5 Å². The highest BCUT2D eigenvalue weighted by molar-refractivity contribution is 6.10. The number of rotatable bonds is 3. The average Bonchev–Trinajstić information content (AvgIpc) is 2.39. The molecule has 18 heavy (non-hydrogen) atoms. The molecule has 0 heterocycles. The van der Waals surface area contributed by atoms with Crippen LogP contribution in [0, 0.1) is 6.92 Å². The van der Waals surface area contributed by atoms with Gasteiger partial charge in [0, 0.05) is 16.7 Å². The molecule has 2 nitrogen and oxygen atoms in total. The molecule has 0 aliphatic heterocycles. The van der Waals surface area contributed by atoms with Gasteiger partial charge in [-0.2, -0.15) is 0 Å². The molecule has 2 heteroatoms. The summed E-state index contributed by atoms with van der Waals surface area (Å²) in [6, 6.07) is 14.2. The Hall–Kier alpha value is -2.22. The number of carbonyl (C=O) groups excluding carboxylic acids is 2. The van der Waals surface area contributed by atoms with Crippen LogP contribution in [0.25, 0.3) is 0 Å². The van der Waals surface area contributed by atoms with Crippen LogP contribution < -0.4 is 0 Å². The molecular formula is C16H14O2. The maximum atomic E-state index is 12.2. The molecule has 90 valence electrons. The topological polar surface area (TPSA) is 34.1 Å². The number of benzene rings is 2. The van der Waals surface area contributed by atoms with E-state index < -0.39 is 0 Å². The standard InChI is InChI=1S/C16H14O2/c1-11-6-8-13(9-7-11)16(18)15-5-3-4-14(10-15)12(2)17/h3-10H,1-2H3. The lowest BCUT2D eigenvalue weighted by Crippen LogP contribution is -2.03. The van der Waals surface area contributed by atoms with Gasteiger partial charge in [0.1, 0.15) is 0 Å². The van der Waals surface area contributed by atoms with Crippen LogP contribution in [0.3, 0.4) is 0 Å². The number of ketones is 2. The largest absolute Gasteiger partial charge is 0.295 e. The fraction of sp³-hybridized carbons (Fsp3) is 0.125. The molecule has 2 rings (SSSR count). The Labute approximate surface area is 106 Å². The average molecular weight is 238 g/mol. The second-order valence-electron chi connectivity index (χ2n) is 4.33. The van der Waals surface area contributed by atoms with Gasteiger partial charge in [0.25, 0.3) is 0 Å². The fourth-order valence-electron chi connectivity index (χ4n) is 1.75. The van der Waals surface area contributed by atoms with Crippen LogP contribution in [-0.2, 0) is 0 Å². The molecule has 2 aromatic carbocycles. The van der Waals surface area contributed by atoms with Crippen LogP contribution >= 0.6 is 0 Å². The van der Waals surface area contributed by atoms with E-state index in [1.54, 1.807) is 36.4 Å². The van der Waals surface area contributed by atoms with E-state index in [1.807, 2.05) is 19.1 Å². The van der Waals surface area contributed by atoms with Crippen molar-refractivity contribution in [1.29, 1.82) is 0 Å². The molecule has 0 bridgehead atoms. The third-order valence-corrected chi connectivity index (χ3v) is 2.85. The first-order valence-electron chi connectivity index (χ1n) is 5.80. The quantitative estimate of drug-likeness (QED) is 0.768. The van der Waals surface area contributed by atoms with Gasteiger partial charge in [-0.1, -0.05) is 48.0 Å². The highest BCUT2D eigenvalue weighted by Gasteiger charge is 2.10. The van der Waals surface area contributed by atoms with Crippen LogP contribution in [0.1, 0.15) is 38.8 Å². The highest BCUT2D eigenvalue weighted by Crippen LogP contribution is 2.13. The van der Waals surface area contributed by atoms with E-state index in [-0.39, 0.29) is 11.6 Å². The lowest BCUT2D eigenvalue weighted by molar-refractivity contribution is 0.101. The first kappa shape index (κ1) is 12.2. The summed E-state index contributed by atoms with van der Waals surface area (Å²) in [7, 11) is 0. The van der Waals surface area contributed by atoms with Crippen molar-refractivity contribution in [2.75, 3.05) is 0 Å². The summed E-state index contributed by atoms with van der Waals surface area (Å²) in [5, 5.41) is 0. The van der Waals surface area contributed by atoms with Crippen molar-refractivity contribution in [3.8, 4) is 0 Å². The van der Waals surface area contributed by atoms with Crippen LogP contribution in [0.2, 0.25) is 0 Å². The minimum Gasteiger partial charge on any atom is -0.295 e. The fourth-order valence-corrected chi connectivity index (χ4v) is 1.75. The Balaban J connectivity index is 2.37. The molecule has 0 spiro atoms. The van der Waals surface area contributed by atoms with Crippen molar-refractivity contribution in [2.24, 2.45) is 0 Å². The lowest BCUT2D eigenvalue weighted by atomic mass is 9.99. The Kier molecular flexibility index (Phi) is 3.38. The van der Waals surface area contributed by atoms with E-state index in [0.29, 0.717) is 16.7 Å². The maximum absolute atomic E-state index is 12.2. The molecule has 0 saturated heterocycles. The van der Waals surface area contributed by atoms with Gasteiger partial charge in [-0.3, -0.25) is 9.59 Å². The maximum Gasteiger partial charge on any atom is 0.193 e. The Morgan fingerprint density at radius 2 is 1.44 bits per heavy atom. The van der Waals surface area contributed by atoms with Gasteiger partial charge < -0.3 is 0 Å². The molecule has 0 aliphatic carbocycles. The van der Waals surface area contributed by atoms with Gasteiger partial charge in [0.2, 0.25) is 0 Å². The Morgan fingerprint density at radius 1 is 0.833 bits per heavy atom. The van der Waals surface area contributed by atoms with Gasteiger partial charge in [0.15, 0.2) is 11.6 Å². The van der Waals surface area contributed by atoms with E-state index >= 15 is 0 Å². The molecule has 0 unspecified atom stereocenters. The number of aryl methyl sites for hydroxylation is 1. The molecule has 0 amide bonds. The Morgan fingerprint density at radius 3 is 2.06 bits per heavy atom. The van der Waals surface area contributed by atoms with Crippen molar-refractivity contribution < 1.29 is 9.59 Å². The zero-order valence-electron chi connectivity index (χ0n) is 10.4. The predicted octanol–water partition coefficient (Wildman–Crippen LogP) is 3.43. The van der Waals surface area contributed by atoms with Gasteiger partial charge in [-0.05, 0) is 19.9 Å². The number of hydrogen-bond acceptors (Lipinski definition) is 2. The van der Waals surface area contributed by atoms with E-state index in [1.165, 1.54) is 6.92 Å². The second kappa shape index (κ2) is 4.96. The van der Waals surface area contributed by atoms with Crippen molar-refractivity contribution in [1.82, 2.24) is 0 Å². The monoisotopic (exact) mass is 238 g/mol. The molecule has 0 saturated carbocycles. The van der Waals surface area contributed by atoms with Crippen molar-refractivity contribution >= 4 is 11.6 Å². The minimum atomic E-state index is -0.0573. The molecule has 0 aromatic heterocycles. The zero-order valence-corrected chi connectivity index (χ0v) is 10.4. The van der Waals surface area contributed by atoms with E-state index in [2.05, 4.69) is 0 Å². The van der Waals surface area contributed by atoms with Crippen molar-refractivity contribution in [3.05, 3.63) is 70.8 Å². The summed E-state index contributed by atoms with van der Waals surface area (Å²) in [6.07, 6.45) is 0. The number of carbonyl (C=O) groups is 2. The number of Topliss-reactive ketones (excluding diaryl/α,β-unsaturated/α-hetero) is 1. The first-order valence-corrected chi connectivity index (χ1v) is 5.80. The molecule has 2 aromatic rings. The second-order valence-corrected chi connectivity index (χ2v) is 4.33. The van der Waals surface area contributed by atoms with Crippen LogP contribution in [-0.4, -0.2) is 11.6 Å². The number of hydrogen-bond donors (Lipinski definition) is 0. The molecule has 0 radical (unpaired) electrons. The summed E-state index contributed by atoms with van der Waals surface area (Å²) in [6.45, 7) is 3.47. The lowest BCUT2D eigenvalue weighted by Gasteiger charge is -2.03. The normalized spacial score (nSPS) is 10.1. The molecule has 0 fully saturated rings. The van der Waals surface area contributed by atoms with Gasteiger partial charge in [-0.25, -0.2) is 0 Å². The van der Waals surface area contributed by atoms with E-state index in [4.69, 9.17) is 0 Å². The molecule has 0 aliphatic rings. The summed E-state index contributed by atoms with van der Waals surface area (Å²) in [5.41, 5.74) is 2.87. The Bertz CT molecular complexity index is 595. The SMILES string of the molecule is CC(=O)c1cccc(C(=O)c2ccc(C)cc2)c1. The molecular weight excluding hydrogens is 224 g/mol. The van der Waals surface area contributed by atoms with Crippen LogP contribution in [0.4, 0.5) is 0 Å². The molecule has 0 N–H and O–H groups in total. The summed E-state index contributed by atoms with van der Waals surface area (Å²) >= 11 is 0. The third-order valence-electron chi connectivity index (χ3n) is 2.85. The van der Waals surface area contributed by atoms with Crippen molar-refractivity contribution in [2.45, 2.75) is 13.8 Å². The minimum absolute atomic E-state index is 0.0337. The molecule has 0 atom stereocenters. The van der Waals surface area contributed by atoms with E-state index in [9.17, 15) is 9.59 Å². The predicted molar refractivity (Wildman–Crippen MR) is 71.1 cm³/mol. The smallest absolute Gasteiger partial charge is 0.193 e. The van der Waals surface area contributed by atoms with Gasteiger partial charge in [-0.15, -0.1) is 0 Å². The summed E-state index contributed by atoms with van der Waals surface area (Å²) in [4.78, 5) is 23.5.